The third-order valence-electron chi connectivity index (χ3n) is 2.36. The molecule has 0 unspecified atom stereocenters. The lowest BCUT2D eigenvalue weighted by Gasteiger charge is -2.05. The fourth-order valence-electron chi connectivity index (χ4n) is 1.41. The monoisotopic (exact) mass is 269 g/mol. The number of rotatable bonds is 6. The average molecular weight is 270 g/mol. The highest BCUT2D eigenvalue weighted by Gasteiger charge is 2.04. The van der Waals surface area contributed by atoms with Crippen LogP contribution < -0.4 is 11.1 Å². The van der Waals surface area contributed by atoms with Crippen LogP contribution in [0.4, 0.5) is 0 Å². The Kier molecular flexibility index (Phi) is 6.00. The van der Waals surface area contributed by atoms with Crippen molar-refractivity contribution in [1.82, 2.24) is 5.32 Å². The quantitative estimate of drug-likeness (QED) is 0.243. The van der Waals surface area contributed by atoms with Crippen LogP contribution in [0, 0.1) is 0 Å². The second kappa shape index (κ2) is 7.55. The molecule has 0 aromatic heterocycles. The van der Waals surface area contributed by atoms with E-state index in [4.69, 9.17) is 22.5 Å². The minimum atomic E-state index is -0.152. The molecule has 0 fully saturated rings. The fourth-order valence-corrected chi connectivity index (χ4v) is 1.61. The number of carbonyl (C=O) groups is 1. The standard InChI is InChI=1S/C12H16ClN3O2/c13-10-5-3-4-9(8-10)12(17)15-7-2-1-6-11(14)16-18/h3-5,8,18H,1-2,6-7H2,(H2,14,16)(H,15,17). The van der Waals surface area contributed by atoms with Crippen molar-refractivity contribution < 1.29 is 10.0 Å². The molecule has 0 saturated carbocycles. The van der Waals surface area contributed by atoms with Crippen LogP contribution in [0.25, 0.3) is 0 Å². The maximum Gasteiger partial charge on any atom is 0.251 e. The van der Waals surface area contributed by atoms with Crippen LogP contribution in [-0.2, 0) is 0 Å². The average Bonchev–Trinajstić information content (AvgIpc) is 2.37. The van der Waals surface area contributed by atoms with E-state index in [9.17, 15) is 4.79 Å². The van der Waals surface area contributed by atoms with Crippen LogP contribution in [0.3, 0.4) is 0 Å². The van der Waals surface area contributed by atoms with Gasteiger partial charge in [-0.25, -0.2) is 0 Å². The molecule has 0 bridgehead atoms. The van der Waals surface area contributed by atoms with Crippen molar-refractivity contribution in [1.29, 1.82) is 0 Å². The number of nitrogens with zero attached hydrogens (tertiary/aromatic N) is 1. The molecule has 0 aliphatic carbocycles. The molecule has 98 valence electrons. The minimum absolute atomic E-state index is 0.152. The van der Waals surface area contributed by atoms with Gasteiger partial charge in [0, 0.05) is 23.6 Å². The summed E-state index contributed by atoms with van der Waals surface area (Å²) in [5.74, 6) is 0.0532. The van der Waals surface area contributed by atoms with Gasteiger partial charge in [-0.15, -0.1) is 0 Å². The third-order valence-corrected chi connectivity index (χ3v) is 2.60. The van der Waals surface area contributed by atoms with Gasteiger partial charge in [-0.1, -0.05) is 22.8 Å². The number of hydrogen-bond acceptors (Lipinski definition) is 3. The predicted molar refractivity (Wildman–Crippen MR) is 71.0 cm³/mol. The molecular weight excluding hydrogens is 254 g/mol. The van der Waals surface area contributed by atoms with Gasteiger partial charge >= 0.3 is 0 Å². The van der Waals surface area contributed by atoms with E-state index in [0.29, 0.717) is 23.6 Å². The Morgan fingerprint density at radius 2 is 2.22 bits per heavy atom. The van der Waals surface area contributed by atoms with Crippen molar-refractivity contribution in [2.24, 2.45) is 10.9 Å². The van der Waals surface area contributed by atoms with E-state index < -0.39 is 0 Å². The van der Waals surface area contributed by atoms with Crippen molar-refractivity contribution in [2.75, 3.05) is 6.54 Å². The number of nitrogens with one attached hydrogen (secondary N) is 1. The van der Waals surface area contributed by atoms with E-state index in [1.54, 1.807) is 24.3 Å². The van der Waals surface area contributed by atoms with E-state index in [-0.39, 0.29) is 11.7 Å². The van der Waals surface area contributed by atoms with Crippen LogP contribution in [0.15, 0.2) is 29.4 Å². The van der Waals surface area contributed by atoms with Crippen LogP contribution in [0.1, 0.15) is 29.6 Å². The van der Waals surface area contributed by atoms with Crippen LogP contribution in [-0.4, -0.2) is 23.5 Å². The largest absolute Gasteiger partial charge is 0.409 e. The molecule has 18 heavy (non-hydrogen) atoms. The van der Waals surface area contributed by atoms with Gasteiger partial charge in [0.05, 0.1) is 0 Å². The summed E-state index contributed by atoms with van der Waals surface area (Å²) < 4.78 is 0. The summed E-state index contributed by atoms with van der Waals surface area (Å²) in [4.78, 5) is 11.7. The molecule has 1 amide bonds. The van der Waals surface area contributed by atoms with Crippen molar-refractivity contribution in [3.63, 3.8) is 0 Å². The summed E-state index contributed by atoms with van der Waals surface area (Å²) in [7, 11) is 0. The minimum Gasteiger partial charge on any atom is -0.409 e. The molecular formula is C12H16ClN3O2. The summed E-state index contributed by atoms with van der Waals surface area (Å²) >= 11 is 5.79. The van der Waals surface area contributed by atoms with Crippen LogP contribution in [0.2, 0.25) is 5.02 Å². The van der Waals surface area contributed by atoms with E-state index in [2.05, 4.69) is 10.5 Å². The number of carbonyl (C=O) groups excluding carboxylic acids is 1. The number of halogens is 1. The van der Waals surface area contributed by atoms with E-state index in [0.717, 1.165) is 12.8 Å². The van der Waals surface area contributed by atoms with Gasteiger partial charge in [0.15, 0.2) is 0 Å². The first-order valence-electron chi connectivity index (χ1n) is 5.63. The maximum absolute atomic E-state index is 11.7. The number of amidine groups is 1. The predicted octanol–water partition coefficient (Wildman–Crippen LogP) is 1.99. The van der Waals surface area contributed by atoms with Gasteiger partial charge in [0.2, 0.25) is 0 Å². The molecule has 0 aliphatic rings. The Morgan fingerprint density at radius 1 is 1.44 bits per heavy atom. The summed E-state index contributed by atoms with van der Waals surface area (Å²) in [5.41, 5.74) is 5.86. The number of oxime groups is 1. The molecule has 0 radical (unpaired) electrons. The van der Waals surface area contributed by atoms with Gasteiger partial charge in [-0.05, 0) is 31.0 Å². The van der Waals surface area contributed by atoms with Crippen molar-refractivity contribution in [3.05, 3.63) is 34.9 Å². The Labute approximate surface area is 111 Å². The fraction of sp³-hybridized carbons (Fsp3) is 0.333. The first-order chi connectivity index (χ1) is 8.63. The summed E-state index contributed by atoms with van der Waals surface area (Å²) in [6, 6.07) is 6.77. The van der Waals surface area contributed by atoms with Crippen molar-refractivity contribution in [2.45, 2.75) is 19.3 Å². The Hall–Kier alpha value is -1.75. The van der Waals surface area contributed by atoms with Gasteiger partial charge < -0.3 is 16.3 Å². The van der Waals surface area contributed by atoms with Gasteiger partial charge in [-0.3, -0.25) is 4.79 Å². The maximum atomic E-state index is 11.7. The number of amides is 1. The van der Waals surface area contributed by atoms with Gasteiger partial charge in [0.1, 0.15) is 5.84 Å². The molecule has 1 rings (SSSR count). The molecule has 0 saturated heterocycles. The topological polar surface area (TPSA) is 87.7 Å². The normalized spacial score (nSPS) is 11.3. The van der Waals surface area contributed by atoms with E-state index >= 15 is 0 Å². The smallest absolute Gasteiger partial charge is 0.251 e. The highest BCUT2D eigenvalue weighted by molar-refractivity contribution is 6.30. The Balaban J connectivity index is 2.26. The summed E-state index contributed by atoms with van der Waals surface area (Å²) in [6.07, 6.45) is 2.04. The zero-order valence-corrected chi connectivity index (χ0v) is 10.7. The molecule has 0 atom stereocenters. The molecule has 0 aliphatic heterocycles. The lowest BCUT2D eigenvalue weighted by molar-refractivity contribution is 0.0953. The molecule has 1 aromatic rings. The van der Waals surface area contributed by atoms with Crippen LogP contribution >= 0.6 is 11.6 Å². The first kappa shape index (κ1) is 14.3. The number of hydrogen-bond donors (Lipinski definition) is 3. The van der Waals surface area contributed by atoms with Crippen molar-refractivity contribution >= 4 is 23.3 Å². The zero-order valence-electron chi connectivity index (χ0n) is 9.90. The van der Waals surface area contributed by atoms with E-state index in [1.807, 2.05) is 0 Å². The number of benzene rings is 1. The first-order valence-corrected chi connectivity index (χ1v) is 6.01. The lowest BCUT2D eigenvalue weighted by atomic mass is 10.2. The summed E-state index contributed by atoms with van der Waals surface area (Å²) in [6.45, 7) is 0.546. The molecule has 1 aromatic carbocycles. The molecule has 0 heterocycles. The van der Waals surface area contributed by atoms with Crippen LogP contribution in [0.5, 0.6) is 0 Å². The highest BCUT2D eigenvalue weighted by atomic mass is 35.5. The molecule has 5 nitrogen and oxygen atoms in total. The number of nitrogens with two attached hydrogens (primary N) is 1. The SMILES string of the molecule is NC(CCCCNC(=O)c1cccc(Cl)c1)=NO. The molecule has 0 spiro atoms. The summed E-state index contributed by atoms with van der Waals surface area (Å²) in [5, 5.41) is 14.5. The second-order valence-corrected chi connectivity index (χ2v) is 4.25. The third kappa shape index (κ3) is 5.05. The molecule has 6 heteroatoms. The Bertz CT molecular complexity index is 435. The second-order valence-electron chi connectivity index (χ2n) is 3.81. The number of unbranched alkanes of at least 4 members (excludes halogenated alkanes) is 1. The Morgan fingerprint density at radius 3 is 2.89 bits per heavy atom. The lowest BCUT2D eigenvalue weighted by Crippen LogP contribution is -2.24. The van der Waals surface area contributed by atoms with Gasteiger partial charge in [0.25, 0.3) is 5.91 Å². The van der Waals surface area contributed by atoms with Crippen molar-refractivity contribution in [3.8, 4) is 0 Å². The molecule has 4 N–H and O–H groups in total. The highest BCUT2D eigenvalue weighted by Crippen LogP contribution is 2.10. The zero-order chi connectivity index (χ0) is 13.4. The van der Waals surface area contributed by atoms with Gasteiger partial charge in [-0.2, -0.15) is 0 Å². The van der Waals surface area contributed by atoms with E-state index in [1.165, 1.54) is 0 Å².